The Bertz CT molecular complexity index is 265. The minimum Gasteiger partial charge on any atom is -0.381 e. The average Bonchev–Trinajstić information content (AvgIpc) is 2.57. The third-order valence-corrected chi connectivity index (χ3v) is 4.25. The number of hydrogen-bond donors (Lipinski definition) is 0. The van der Waals surface area contributed by atoms with Crippen molar-refractivity contribution in [2.24, 2.45) is 5.11 Å². The topological polar surface area (TPSA) is 58.0 Å². The molecule has 0 saturated carbocycles. The highest BCUT2D eigenvalue weighted by Gasteiger charge is 1.94. The Morgan fingerprint density at radius 3 is 1.57 bits per heavy atom. The summed E-state index contributed by atoms with van der Waals surface area (Å²) in [6, 6.07) is 0. The minimum absolute atomic E-state index is 0.551. The van der Waals surface area contributed by atoms with Crippen molar-refractivity contribution in [2.75, 3.05) is 19.8 Å². The smallest absolute Gasteiger partial charge is 0.0467 e. The molecule has 4 heteroatoms. The van der Waals surface area contributed by atoms with Crippen LogP contribution in [0.5, 0.6) is 0 Å². The highest BCUT2D eigenvalue weighted by atomic mass is 16.5. The first-order valence-corrected chi connectivity index (χ1v) is 10.0. The van der Waals surface area contributed by atoms with Gasteiger partial charge in [0, 0.05) is 24.7 Å². The summed E-state index contributed by atoms with van der Waals surface area (Å²) in [7, 11) is 0. The minimum atomic E-state index is 0.551. The van der Waals surface area contributed by atoms with Crippen molar-refractivity contribution in [2.45, 2.75) is 103 Å². The van der Waals surface area contributed by atoms with Crippen LogP contribution in [0.2, 0.25) is 0 Å². The van der Waals surface area contributed by atoms with Crippen LogP contribution in [0.25, 0.3) is 10.4 Å². The second-order valence-corrected chi connectivity index (χ2v) is 6.52. The van der Waals surface area contributed by atoms with E-state index in [1.165, 1.54) is 89.9 Å². The second-order valence-electron chi connectivity index (χ2n) is 6.52. The molecule has 0 amide bonds. The van der Waals surface area contributed by atoms with Crippen molar-refractivity contribution in [1.82, 2.24) is 0 Å². The molecule has 0 radical (unpaired) electrons. The Kier molecular flexibility index (Phi) is 20.6. The maximum atomic E-state index is 8.13. The molecule has 0 saturated heterocycles. The van der Waals surface area contributed by atoms with Gasteiger partial charge in [-0.25, -0.2) is 0 Å². The van der Waals surface area contributed by atoms with Crippen LogP contribution in [0, 0.1) is 0 Å². The molecule has 0 unspecified atom stereocenters. The molecule has 23 heavy (non-hydrogen) atoms. The van der Waals surface area contributed by atoms with Crippen molar-refractivity contribution < 1.29 is 4.74 Å². The van der Waals surface area contributed by atoms with Crippen LogP contribution >= 0.6 is 0 Å². The van der Waals surface area contributed by atoms with E-state index >= 15 is 0 Å². The van der Waals surface area contributed by atoms with Crippen LogP contribution < -0.4 is 0 Å². The van der Waals surface area contributed by atoms with Crippen LogP contribution in [0.4, 0.5) is 0 Å². The van der Waals surface area contributed by atoms with E-state index in [0.29, 0.717) is 6.54 Å². The van der Waals surface area contributed by atoms with Crippen molar-refractivity contribution in [3.05, 3.63) is 10.4 Å². The zero-order chi connectivity index (χ0) is 16.8. The van der Waals surface area contributed by atoms with Crippen LogP contribution in [0.15, 0.2) is 5.11 Å². The summed E-state index contributed by atoms with van der Waals surface area (Å²) in [5, 5.41) is 3.48. The van der Waals surface area contributed by atoms with Gasteiger partial charge in [-0.2, -0.15) is 0 Å². The van der Waals surface area contributed by atoms with E-state index in [-0.39, 0.29) is 0 Å². The summed E-state index contributed by atoms with van der Waals surface area (Å²) in [6.45, 7) is 4.41. The molecule has 136 valence electrons. The number of unbranched alkanes of at least 4 members (excludes halogenated alkanes) is 13. The van der Waals surface area contributed by atoms with E-state index in [2.05, 4.69) is 16.9 Å². The normalized spacial score (nSPS) is 10.7. The maximum absolute atomic E-state index is 8.13. The molecule has 0 fully saturated rings. The summed E-state index contributed by atoms with van der Waals surface area (Å²) < 4.78 is 5.50. The fourth-order valence-electron chi connectivity index (χ4n) is 2.78. The zero-order valence-electron chi connectivity index (χ0n) is 15.5. The maximum Gasteiger partial charge on any atom is 0.0467 e. The summed E-state index contributed by atoms with van der Waals surface area (Å²) in [6.07, 6.45) is 20.3. The van der Waals surface area contributed by atoms with E-state index in [1.807, 2.05) is 0 Å². The lowest BCUT2D eigenvalue weighted by molar-refractivity contribution is 0.129. The average molecular weight is 326 g/mol. The third-order valence-electron chi connectivity index (χ3n) is 4.25. The molecule has 0 atom stereocenters. The molecule has 0 bridgehead atoms. The Morgan fingerprint density at radius 1 is 0.652 bits per heavy atom. The lowest BCUT2D eigenvalue weighted by Gasteiger charge is -2.04. The predicted molar refractivity (Wildman–Crippen MR) is 99.8 cm³/mol. The van der Waals surface area contributed by atoms with Crippen molar-refractivity contribution in [3.63, 3.8) is 0 Å². The van der Waals surface area contributed by atoms with E-state index in [4.69, 9.17) is 10.3 Å². The molecule has 0 heterocycles. The molecule has 0 aromatic carbocycles. The van der Waals surface area contributed by atoms with Crippen molar-refractivity contribution in [1.29, 1.82) is 0 Å². The molecule has 0 aromatic rings. The number of azide groups is 1. The van der Waals surface area contributed by atoms with Crippen molar-refractivity contribution in [3.8, 4) is 0 Å². The molecular weight excluding hydrogens is 286 g/mol. The molecule has 0 spiro atoms. The lowest BCUT2D eigenvalue weighted by atomic mass is 10.0. The van der Waals surface area contributed by atoms with Crippen molar-refractivity contribution >= 4 is 0 Å². The first kappa shape index (κ1) is 22.3. The Balaban J connectivity index is 2.96. The lowest BCUT2D eigenvalue weighted by Crippen LogP contribution is -1.98. The fraction of sp³-hybridized carbons (Fsp3) is 1.00. The van der Waals surface area contributed by atoms with Gasteiger partial charge in [0.1, 0.15) is 0 Å². The first-order valence-electron chi connectivity index (χ1n) is 10.0. The van der Waals surface area contributed by atoms with Gasteiger partial charge in [0.05, 0.1) is 0 Å². The molecule has 0 rings (SSSR count). The third kappa shape index (κ3) is 21.3. The second kappa shape index (κ2) is 21.3. The predicted octanol–water partition coefficient (Wildman–Crippen LogP) is 7.18. The highest BCUT2D eigenvalue weighted by molar-refractivity contribution is 4.50. The summed E-state index contributed by atoms with van der Waals surface area (Å²) in [5.74, 6) is 0. The summed E-state index contributed by atoms with van der Waals surface area (Å²) in [4.78, 5) is 2.72. The van der Waals surface area contributed by atoms with Gasteiger partial charge >= 0.3 is 0 Å². The fourth-order valence-corrected chi connectivity index (χ4v) is 2.78. The Hall–Kier alpha value is -0.730. The zero-order valence-corrected chi connectivity index (χ0v) is 15.5. The highest BCUT2D eigenvalue weighted by Crippen LogP contribution is 2.12. The van der Waals surface area contributed by atoms with Gasteiger partial charge in [-0.05, 0) is 18.4 Å². The van der Waals surface area contributed by atoms with Gasteiger partial charge in [-0.3, -0.25) is 0 Å². The van der Waals surface area contributed by atoms with Gasteiger partial charge in [-0.15, -0.1) is 0 Å². The van der Waals surface area contributed by atoms with Gasteiger partial charge in [0.25, 0.3) is 0 Å². The van der Waals surface area contributed by atoms with E-state index in [1.54, 1.807) is 0 Å². The number of ether oxygens (including phenoxy) is 1. The summed E-state index contributed by atoms with van der Waals surface area (Å²) >= 11 is 0. The molecule has 0 aliphatic carbocycles. The molecule has 0 aliphatic heterocycles. The number of hydrogen-bond acceptors (Lipinski definition) is 2. The molecule has 4 nitrogen and oxygen atoms in total. The molecule has 0 aliphatic rings. The Labute approximate surface area is 144 Å². The van der Waals surface area contributed by atoms with Crippen LogP contribution in [0.3, 0.4) is 0 Å². The van der Waals surface area contributed by atoms with E-state index in [0.717, 1.165) is 19.6 Å². The van der Waals surface area contributed by atoms with Gasteiger partial charge < -0.3 is 4.74 Å². The first-order chi connectivity index (χ1) is 11.4. The van der Waals surface area contributed by atoms with Gasteiger partial charge in [0.15, 0.2) is 0 Å². The SMILES string of the molecule is CCCCCCCCCCCCCCCCOCCCN=[N+]=[N-]. The van der Waals surface area contributed by atoms with Crippen LogP contribution in [-0.4, -0.2) is 19.8 Å². The molecule has 0 aromatic heterocycles. The van der Waals surface area contributed by atoms with Crippen LogP contribution in [0.1, 0.15) is 103 Å². The van der Waals surface area contributed by atoms with Crippen LogP contribution in [-0.2, 0) is 4.74 Å². The largest absolute Gasteiger partial charge is 0.381 e. The van der Waals surface area contributed by atoms with Gasteiger partial charge in [-0.1, -0.05) is 95.5 Å². The standard InChI is InChI=1S/C19H39N3O/c1-2-3-4-5-6-7-8-9-10-11-12-13-14-15-18-23-19-16-17-21-22-20/h2-19H2,1H3. The molecular formula is C19H39N3O. The van der Waals surface area contributed by atoms with E-state index in [9.17, 15) is 0 Å². The Morgan fingerprint density at radius 2 is 1.09 bits per heavy atom. The van der Waals surface area contributed by atoms with E-state index < -0.39 is 0 Å². The summed E-state index contributed by atoms with van der Waals surface area (Å²) in [5.41, 5.74) is 8.13. The van der Waals surface area contributed by atoms with Gasteiger partial charge in [0.2, 0.25) is 0 Å². The number of rotatable bonds is 19. The number of nitrogens with zero attached hydrogens (tertiary/aromatic N) is 3. The monoisotopic (exact) mass is 325 g/mol. The quantitative estimate of drug-likeness (QED) is 0.107. The molecule has 0 N–H and O–H groups in total.